The largest absolute Gasteiger partial charge is 0.317 e. The van der Waals surface area contributed by atoms with E-state index >= 15 is 0 Å². The first-order valence-corrected chi connectivity index (χ1v) is 8.62. The summed E-state index contributed by atoms with van der Waals surface area (Å²) < 4.78 is 0. The van der Waals surface area contributed by atoms with E-state index in [-0.39, 0.29) is 0 Å². The summed E-state index contributed by atoms with van der Waals surface area (Å²) in [6, 6.07) is 11.6. The van der Waals surface area contributed by atoms with Crippen molar-refractivity contribution >= 4 is 0 Å². The minimum Gasteiger partial charge on any atom is -0.317 e. The summed E-state index contributed by atoms with van der Waals surface area (Å²) in [5.74, 6) is 1.76. The molecule has 2 heteroatoms. The van der Waals surface area contributed by atoms with Crippen LogP contribution < -0.4 is 5.32 Å². The third kappa shape index (κ3) is 5.12. The van der Waals surface area contributed by atoms with Crippen molar-refractivity contribution in [1.29, 1.82) is 0 Å². The van der Waals surface area contributed by atoms with Gasteiger partial charge in [-0.15, -0.1) is 0 Å². The third-order valence-corrected chi connectivity index (χ3v) is 5.21. The summed E-state index contributed by atoms with van der Waals surface area (Å²) in [5, 5.41) is 3.55. The molecule has 3 unspecified atom stereocenters. The SMILES string of the molecule is CCC1CCC(NC)C(CN(C)CCc2ccccc2)C1. The second kappa shape index (κ2) is 8.55. The highest BCUT2D eigenvalue weighted by Gasteiger charge is 2.29. The van der Waals surface area contributed by atoms with E-state index in [1.807, 2.05) is 0 Å². The van der Waals surface area contributed by atoms with Crippen LogP contribution in [0.2, 0.25) is 0 Å². The molecule has 1 aliphatic rings. The van der Waals surface area contributed by atoms with Gasteiger partial charge in [0.25, 0.3) is 0 Å². The topological polar surface area (TPSA) is 15.3 Å². The lowest BCUT2D eigenvalue weighted by Crippen LogP contribution is -2.44. The zero-order valence-corrected chi connectivity index (χ0v) is 14.0. The third-order valence-electron chi connectivity index (χ3n) is 5.21. The lowest BCUT2D eigenvalue weighted by molar-refractivity contribution is 0.157. The summed E-state index contributed by atoms with van der Waals surface area (Å²) >= 11 is 0. The minimum absolute atomic E-state index is 0.715. The molecule has 1 fully saturated rings. The van der Waals surface area contributed by atoms with Gasteiger partial charge in [0.15, 0.2) is 0 Å². The van der Waals surface area contributed by atoms with Gasteiger partial charge in [0.1, 0.15) is 0 Å². The Bertz CT molecular complexity index is 390. The maximum Gasteiger partial charge on any atom is 0.0105 e. The van der Waals surface area contributed by atoms with Gasteiger partial charge in [-0.1, -0.05) is 43.7 Å². The van der Waals surface area contributed by atoms with Crippen LogP contribution in [0.5, 0.6) is 0 Å². The van der Waals surface area contributed by atoms with Gasteiger partial charge in [-0.2, -0.15) is 0 Å². The van der Waals surface area contributed by atoms with Crippen molar-refractivity contribution < 1.29 is 0 Å². The van der Waals surface area contributed by atoms with Crippen LogP contribution in [-0.2, 0) is 6.42 Å². The van der Waals surface area contributed by atoms with Crippen LogP contribution in [0, 0.1) is 11.8 Å². The van der Waals surface area contributed by atoms with Gasteiger partial charge in [0, 0.05) is 19.1 Å². The van der Waals surface area contributed by atoms with Gasteiger partial charge in [-0.05, 0) is 57.2 Å². The van der Waals surface area contributed by atoms with Crippen LogP contribution in [0.15, 0.2) is 30.3 Å². The molecule has 0 aromatic heterocycles. The average Bonchev–Trinajstić information content (AvgIpc) is 2.54. The average molecular weight is 288 g/mol. The lowest BCUT2D eigenvalue weighted by Gasteiger charge is -2.38. The van der Waals surface area contributed by atoms with E-state index in [9.17, 15) is 0 Å². The summed E-state index contributed by atoms with van der Waals surface area (Å²) in [4.78, 5) is 2.53. The van der Waals surface area contributed by atoms with E-state index in [1.165, 1.54) is 37.8 Å². The number of benzene rings is 1. The fourth-order valence-corrected chi connectivity index (χ4v) is 3.77. The standard InChI is InChI=1S/C19H32N2/c1-4-16-10-11-19(20-2)18(14-16)15-21(3)13-12-17-8-6-5-7-9-17/h5-9,16,18-20H,4,10-15H2,1-3H3. The quantitative estimate of drug-likeness (QED) is 0.825. The Morgan fingerprint density at radius 3 is 2.62 bits per heavy atom. The predicted molar refractivity (Wildman–Crippen MR) is 91.6 cm³/mol. The van der Waals surface area contributed by atoms with Crippen LogP contribution in [0.25, 0.3) is 0 Å². The van der Waals surface area contributed by atoms with Crippen molar-refractivity contribution in [2.24, 2.45) is 11.8 Å². The molecular formula is C19H32N2. The first kappa shape index (κ1) is 16.5. The molecule has 0 aliphatic heterocycles. The molecule has 3 atom stereocenters. The van der Waals surface area contributed by atoms with Crippen LogP contribution in [0.3, 0.4) is 0 Å². The van der Waals surface area contributed by atoms with Gasteiger partial charge in [0.2, 0.25) is 0 Å². The molecule has 1 N–H and O–H groups in total. The molecule has 2 rings (SSSR count). The van der Waals surface area contributed by atoms with Crippen LogP contribution in [0.4, 0.5) is 0 Å². The van der Waals surface area contributed by atoms with Crippen molar-refractivity contribution in [2.75, 3.05) is 27.2 Å². The van der Waals surface area contributed by atoms with E-state index in [2.05, 4.69) is 61.6 Å². The molecule has 1 saturated carbocycles. The molecule has 1 aromatic rings. The van der Waals surface area contributed by atoms with Crippen LogP contribution in [0.1, 0.15) is 38.2 Å². The zero-order chi connectivity index (χ0) is 15.1. The Hall–Kier alpha value is -0.860. The maximum absolute atomic E-state index is 3.55. The second-order valence-corrected chi connectivity index (χ2v) is 6.74. The van der Waals surface area contributed by atoms with Gasteiger partial charge in [-0.25, -0.2) is 0 Å². The van der Waals surface area contributed by atoms with Crippen molar-refractivity contribution in [2.45, 2.75) is 45.1 Å². The molecule has 0 radical (unpaired) electrons. The number of likely N-dealkylation sites (N-methyl/N-ethyl adjacent to an activating group) is 1. The van der Waals surface area contributed by atoms with Crippen molar-refractivity contribution in [3.63, 3.8) is 0 Å². The summed E-state index contributed by atoms with van der Waals surface area (Å²) in [6.45, 7) is 4.74. The summed E-state index contributed by atoms with van der Waals surface area (Å²) in [5.41, 5.74) is 1.45. The maximum atomic E-state index is 3.55. The van der Waals surface area contributed by atoms with E-state index in [4.69, 9.17) is 0 Å². The fourth-order valence-electron chi connectivity index (χ4n) is 3.77. The molecule has 0 amide bonds. The van der Waals surface area contributed by atoms with E-state index in [0.29, 0.717) is 6.04 Å². The normalized spacial score (nSPS) is 26.2. The zero-order valence-electron chi connectivity index (χ0n) is 14.0. The van der Waals surface area contributed by atoms with E-state index < -0.39 is 0 Å². The lowest BCUT2D eigenvalue weighted by atomic mass is 9.76. The Kier molecular flexibility index (Phi) is 6.72. The second-order valence-electron chi connectivity index (χ2n) is 6.74. The Labute approximate surface area is 130 Å². The molecule has 0 heterocycles. The predicted octanol–water partition coefficient (Wildman–Crippen LogP) is 3.58. The summed E-state index contributed by atoms with van der Waals surface area (Å²) in [7, 11) is 4.42. The number of nitrogens with zero attached hydrogens (tertiary/aromatic N) is 1. The molecule has 0 spiro atoms. The van der Waals surface area contributed by atoms with Gasteiger partial charge >= 0.3 is 0 Å². The fraction of sp³-hybridized carbons (Fsp3) is 0.684. The molecule has 21 heavy (non-hydrogen) atoms. The summed E-state index contributed by atoms with van der Waals surface area (Å²) in [6.07, 6.45) is 6.67. The van der Waals surface area contributed by atoms with Crippen LogP contribution >= 0.6 is 0 Å². The van der Waals surface area contributed by atoms with Crippen molar-refractivity contribution in [3.8, 4) is 0 Å². The molecule has 1 aliphatic carbocycles. The first-order valence-electron chi connectivity index (χ1n) is 8.62. The monoisotopic (exact) mass is 288 g/mol. The minimum atomic E-state index is 0.715. The highest BCUT2D eigenvalue weighted by Crippen LogP contribution is 2.31. The first-order chi connectivity index (χ1) is 10.2. The molecule has 2 nitrogen and oxygen atoms in total. The van der Waals surface area contributed by atoms with Crippen molar-refractivity contribution in [3.05, 3.63) is 35.9 Å². The molecule has 1 aromatic carbocycles. The van der Waals surface area contributed by atoms with E-state index in [1.54, 1.807) is 0 Å². The Balaban J connectivity index is 1.80. The molecule has 0 saturated heterocycles. The van der Waals surface area contributed by atoms with Crippen LogP contribution in [-0.4, -0.2) is 38.1 Å². The Morgan fingerprint density at radius 2 is 1.95 bits per heavy atom. The Morgan fingerprint density at radius 1 is 1.19 bits per heavy atom. The molecular weight excluding hydrogens is 256 g/mol. The highest BCUT2D eigenvalue weighted by molar-refractivity contribution is 5.14. The van der Waals surface area contributed by atoms with Gasteiger partial charge in [0.05, 0.1) is 0 Å². The number of nitrogens with one attached hydrogen (secondary N) is 1. The number of hydrogen-bond acceptors (Lipinski definition) is 2. The number of hydrogen-bond donors (Lipinski definition) is 1. The molecule has 118 valence electrons. The smallest absolute Gasteiger partial charge is 0.0105 e. The highest BCUT2D eigenvalue weighted by atomic mass is 15.1. The van der Waals surface area contributed by atoms with Gasteiger partial charge < -0.3 is 10.2 Å². The van der Waals surface area contributed by atoms with Gasteiger partial charge in [-0.3, -0.25) is 0 Å². The number of rotatable bonds is 7. The van der Waals surface area contributed by atoms with E-state index in [0.717, 1.165) is 24.8 Å². The molecule has 0 bridgehead atoms. The van der Waals surface area contributed by atoms with Crippen molar-refractivity contribution in [1.82, 2.24) is 10.2 Å².